The van der Waals surface area contributed by atoms with Crippen LogP contribution in [-0.2, 0) is 4.79 Å². The van der Waals surface area contributed by atoms with Crippen molar-refractivity contribution >= 4 is 22.8 Å². The molecule has 98 valence electrons. The molecule has 1 saturated heterocycles. The van der Waals surface area contributed by atoms with E-state index in [0.29, 0.717) is 0 Å². The van der Waals surface area contributed by atoms with E-state index < -0.39 is 0 Å². The second-order valence-electron chi connectivity index (χ2n) is 4.21. The molecule has 1 unspecified atom stereocenters. The second kappa shape index (κ2) is 6.86. The molecule has 1 aliphatic rings. The van der Waals surface area contributed by atoms with Crippen LogP contribution in [0.4, 0.5) is 0 Å². The van der Waals surface area contributed by atoms with Gasteiger partial charge in [0.25, 0.3) is 0 Å². The molecule has 1 fully saturated rings. The predicted octanol–water partition coefficient (Wildman–Crippen LogP) is 0.644. The number of aliphatic imine (C=N–C) groups is 1. The number of piperidine rings is 1. The van der Waals surface area contributed by atoms with Gasteiger partial charge in [-0.2, -0.15) is 0 Å². The molecule has 6 heteroatoms. The van der Waals surface area contributed by atoms with Crippen molar-refractivity contribution in [2.24, 2.45) is 4.99 Å². The van der Waals surface area contributed by atoms with Crippen LogP contribution >= 0.6 is 11.8 Å². The zero-order valence-electron chi connectivity index (χ0n) is 10.6. The van der Waals surface area contributed by atoms with Gasteiger partial charge in [-0.25, -0.2) is 4.99 Å². The molecule has 0 aromatic heterocycles. The van der Waals surface area contributed by atoms with E-state index in [0.717, 1.165) is 31.1 Å². The molecule has 2 N–H and O–H groups in total. The molecule has 1 amide bonds. The number of hydrogen-bond acceptors (Lipinski definition) is 4. The minimum atomic E-state index is -0.207. The fourth-order valence-corrected chi connectivity index (χ4v) is 2.52. The van der Waals surface area contributed by atoms with Crippen molar-refractivity contribution in [3.8, 4) is 0 Å². The summed E-state index contributed by atoms with van der Waals surface area (Å²) in [6.07, 6.45) is 3.16. The maximum Gasteiger partial charge on any atom is 0.218 e. The van der Waals surface area contributed by atoms with Gasteiger partial charge in [0.1, 0.15) is 6.17 Å². The van der Waals surface area contributed by atoms with E-state index in [-0.39, 0.29) is 18.2 Å². The molecule has 0 saturated carbocycles. The number of carbonyl (C=O) groups is 1. The number of thioether (sulfide) groups is 1. The topological polar surface area (TPSA) is 64.9 Å². The van der Waals surface area contributed by atoms with Crippen LogP contribution in [0.15, 0.2) is 4.99 Å². The smallest absolute Gasteiger partial charge is 0.218 e. The number of hydrogen-bond donors (Lipinski definition) is 2. The summed E-state index contributed by atoms with van der Waals surface area (Å²) in [5, 5.41) is 13.1. The number of nitrogens with one attached hydrogen (secondary N) is 1. The van der Waals surface area contributed by atoms with Crippen LogP contribution < -0.4 is 5.32 Å². The molecule has 0 bridgehead atoms. The Hall–Kier alpha value is -0.750. The van der Waals surface area contributed by atoms with E-state index >= 15 is 0 Å². The van der Waals surface area contributed by atoms with E-state index in [4.69, 9.17) is 0 Å². The van der Waals surface area contributed by atoms with Crippen molar-refractivity contribution in [1.29, 1.82) is 0 Å². The lowest BCUT2D eigenvalue weighted by atomic mass is 10.1. The highest BCUT2D eigenvalue weighted by Crippen LogP contribution is 2.15. The molecule has 1 aliphatic heterocycles. The maximum atomic E-state index is 10.9. The van der Waals surface area contributed by atoms with Crippen LogP contribution in [-0.4, -0.2) is 52.7 Å². The Balaban J connectivity index is 2.57. The van der Waals surface area contributed by atoms with Crippen molar-refractivity contribution in [1.82, 2.24) is 10.2 Å². The van der Waals surface area contributed by atoms with Gasteiger partial charge in [-0.1, -0.05) is 11.8 Å². The van der Waals surface area contributed by atoms with Gasteiger partial charge in [0, 0.05) is 20.0 Å². The minimum absolute atomic E-state index is 0.0734. The van der Waals surface area contributed by atoms with Crippen LogP contribution in [0.25, 0.3) is 0 Å². The summed E-state index contributed by atoms with van der Waals surface area (Å²) in [5.41, 5.74) is 0. The molecule has 0 aromatic rings. The first kappa shape index (κ1) is 14.3. The van der Waals surface area contributed by atoms with E-state index in [9.17, 15) is 9.90 Å². The Kier molecular flexibility index (Phi) is 5.77. The third kappa shape index (κ3) is 4.95. The van der Waals surface area contributed by atoms with Gasteiger partial charge in [-0.3, -0.25) is 4.79 Å². The molecular formula is C11H21N3O2S. The summed E-state index contributed by atoms with van der Waals surface area (Å²) in [5.74, 6) is -0.0734. The summed E-state index contributed by atoms with van der Waals surface area (Å²) >= 11 is 1.58. The van der Waals surface area contributed by atoms with E-state index in [1.54, 1.807) is 11.8 Å². The van der Waals surface area contributed by atoms with Crippen LogP contribution in [0.1, 0.15) is 26.7 Å². The summed E-state index contributed by atoms with van der Waals surface area (Å²) in [6.45, 7) is 5.00. The van der Waals surface area contributed by atoms with Gasteiger partial charge < -0.3 is 15.3 Å². The summed E-state index contributed by atoms with van der Waals surface area (Å²) in [7, 11) is 0. The Morgan fingerprint density at radius 2 is 2.12 bits per heavy atom. The number of likely N-dealkylation sites (tertiary alicyclic amines) is 1. The standard InChI is InChI=1S/C11H21N3O2S/c1-8(12-9(2)15)13-11(17-3)14-6-4-10(16)5-7-14/h8,10,16H,4-7H2,1-3H3,(H,12,15)/b13-11-. The molecule has 0 radical (unpaired) electrons. The van der Waals surface area contributed by atoms with Crippen LogP contribution in [0, 0.1) is 0 Å². The Labute approximate surface area is 107 Å². The van der Waals surface area contributed by atoms with Crippen molar-refractivity contribution in [2.75, 3.05) is 19.3 Å². The van der Waals surface area contributed by atoms with Crippen LogP contribution in [0.2, 0.25) is 0 Å². The van der Waals surface area contributed by atoms with Gasteiger partial charge in [0.15, 0.2) is 5.17 Å². The molecule has 1 heterocycles. The number of carbonyl (C=O) groups excluding carboxylic acids is 1. The maximum absolute atomic E-state index is 10.9. The second-order valence-corrected chi connectivity index (χ2v) is 4.98. The highest BCUT2D eigenvalue weighted by molar-refractivity contribution is 8.13. The summed E-state index contributed by atoms with van der Waals surface area (Å²) < 4.78 is 0. The largest absolute Gasteiger partial charge is 0.393 e. The lowest BCUT2D eigenvalue weighted by Crippen LogP contribution is -2.40. The Bertz CT molecular complexity index is 288. The van der Waals surface area contributed by atoms with Crippen molar-refractivity contribution in [3.05, 3.63) is 0 Å². The first-order valence-corrected chi connectivity index (χ1v) is 7.07. The molecule has 0 aliphatic carbocycles. The van der Waals surface area contributed by atoms with Crippen molar-refractivity contribution in [2.45, 2.75) is 39.0 Å². The molecule has 5 nitrogen and oxygen atoms in total. The number of nitrogens with zero attached hydrogens (tertiary/aromatic N) is 2. The minimum Gasteiger partial charge on any atom is -0.393 e. The molecule has 1 atom stereocenters. The van der Waals surface area contributed by atoms with Gasteiger partial charge in [0.05, 0.1) is 6.10 Å². The quantitative estimate of drug-likeness (QED) is 0.564. The van der Waals surface area contributed by atoms with E-state index in [1.165, 1.54) is 6.92 Å². The number of amidine groups is 1. The van der Waals surface area contributed by atoms with Crippen LogP contribution in [0.5, 0.6) is 0 Å². The van der Waals surface area contributed by atoms with Crippen LogP contribution in [0.3, 0.4) is 0 Å². The van der Waals surface area contributed by atoms with Gasteiger partial charge in [0.2, 0.25) is 5.91 Å². The number of aliphatic hydroxyl groups is 1. The van der Waals surface area contributed by atoms with Crippen molar-refractivity contribution in [3.63, 3.8) is 0 Å². The highest BCUT2D eigenvalue weighted by atomic mass is 32.2. The normalized spacial score (nSPS) is 20.2. The number of amides is 1. The fraction of sp³-hybridized carbons (Fsp3) is 0.818. The third-order valence-electron chi connectivity index (χ3n) is 2.63. The molecule has 17 heavy (non-hydrogen) atoms. The Morgan fingerprint density at radius 1 is 1.53 bits per heavy atom. The highest BCUT2D eigenvalue weighted by Gasteiger charge is 2.19. The zero-order valence-corrected chi connectivity index (χ0v) is 11.5. The summed E-state index contributed by atoms with van der Waals surface area (Å²) in [6, 6.07) is 0. The lowest BCUT2D eigenvalue weighted by molar-refractivity contribution is -0.119. The first-order chi connectivity index (χ1) is 8.02. The SMILES string of the molecule is CS/C(=N\C(C)NC(C)=O)N1CCC(O)CC1. The van der Waals surface area contributed by atoms with Gasteiger partial charge in [-0.05, 0) is 26.0 Å². The fourth-order valence-electron chi connectivity index (χ4n) is 1.81. The number of aliphatic hydroxyl groups excluding tert-OH is 1. The average Bonchev–Trinajstić information content (AvgIpc) is 2.26. The van der Waals surface area contributed by atoms with Gasteiger partial charge in [-0.15, -0.1) is 0 Å². The number of rotatable bonds is 2. The monoisotopic (exact) mass is 259 g/mol. The average molecular weight is 259 g/mol. The molecular weight excluding hydrogens is 238 g/mol. The van der Waals surface area contributed by atoms with E-state index in [1.807, 2.05) is 13.2 Å². The molecule has 1 rings (SSSR count). The third-order valence-corrected chi connectivity index (χ3v) is 3.36. The van der Waals surface area contributed by atoms with E-state index in [2.05, 4.69) is 15.2 Å². The Morgan fingerprint density at radius 3 is 2.59 bits per heavy atom. The zero-order chi connectivity index (χ0) is 12.8. The first-order valence-electron chi connectivity index (χ1n) is 5.85. The molecule has 0 aromatic carbocycles. The van der Waals surface area contributed by atoms with Gasteiger partial charge >= 0.3 is 0 Å². The summed E-state index contributed by atoms with van der Waals surface area (Å²) in [4.78, 5) is 17.5. The predicted molar refractivity (Wildman–Crippen MR) is 71.0 cm³/mol. The molecule has 0 spiro atoms. The lowest BCUT2D eigenvalue weighted by Gasteiger charge is -2.31. The van der Waals surface area contributed by atoms with Crippen molar-refractivity contribution < 1.29 is 9.90 Å².